The van der Waals surface area contributed by atoms with Gasteiger partial charge in [0.2, 0.25) is 17.7 Å². The van der Waals surface area contributed by atoms with Gasteiger partial charge in [-0.2, -0.15) is 9.97 Å². The van der Waals surface area contributed by atoms with Crippen LogP contribution in [0.1, 0.15) is 19.8 Å². The highest BCUT2D eigenvalue weighted by Gasteiger charge is 2.36. The van der Waals surface area contributed by atoms with Gasteiger partial charge in [-0.05, 0) is 6.42 Å². The van der Waals surface area contributed by atoms with Gasteiger partial charge in [-0.15, -0.1) is 11.8 Å². The molecule has 1 saturated heterocycles. The number of amides is 2. The van der Waals surface area contributed by atoms with E-state index in [4.69, 9.17) is 9.47 Å². The Morgan fingerprint density at radius 1 is 1.37 bits per heavy atom. The fraction of sp³-hybridized carbons (Fsp3) is 0.643. The number of nitrogens with zero attached hydrogens (tertiary/aromatic N) is 5. The topological polar surface area (TPSA) is 135 Å². The third-order valence-electron chi connectivity index (χ3n) is 3.55. The molecule has 1 aromatic heterocycles. The van der Waals surface area contributed by atoms with Crippen LogP contribution in [-0.2, 0) is 10.0 Å². The Hall–Kier alpha value is -1.99. The fourth-order valence-electron chi connectivity index (χ4n) is 2.26. The molecule has 0 saturated carbocycles. The summed E-state index contributed by atoms with van der Waals surface area (Å²) in [7, 11) is -1.17. The predicted molar refractivity (Wildman–Crippen MR) is 101 cm³/mol. The molecule has 11 nitrogen and oxygen atoms in total. The number of hydrogen-bond donors (Lipinski definition) is 1. The first kappa shape index (κ1) is 21.3. The molecule has 0 aromatic carbocycles. The number of thioether (sulfide) groups is 1. The summed E-state index contributed by atoms with van der Waals surface area (Å²) in [6.07, 6.45) is 1.85. The molecule has 0 bridgehead atoms. The van der Waals surface area contributed by atoms with Gasteiger partial charge in [-0.25, -0.2) is 13.2 Å². The van der Waals surface area contributed by atoms with Gasteiger partial charge in [0.15, 0.2) is 4.71 Å². The van der Waals surface area contributed by atoms with Crippen molar-refractivity contribution in [3.8, 4) is 11.8 Å². The number of urea groups is 1. The van der Waals surface area contributed by atoms with Crippen molar-refractivity contribution in [2.45, 2.75) is 24.5 Å². The van der Waals surface area contributed by atoms with Crippen molar-refractivity contribution in [3.63, 3.8) is 0 Å². The van der Waals surface area contributed by atoms with Gasteiger partial charge in [0.25, 0.3) is 10.0 Å². The second kappa shape index (κ2) is 9.80. The van der Waals surface area contributed by atoms with Crippen molar-refractivity contribution in [2.24, 2.45) is 9.63 Å². The number of sulfonamides is 1. The van der Waals surface area contributed by atoms with Gasteiger partial charge in [0, 0.05) is 18.8 Å². The fourth-order valence-corrected chi connectivity index (χ4v) is 5.17. The Morgan fingerprint density at radius 2 is 2.04 bits per heavy atom. The minimum atomic E-state index is -3.96. The maximum atomic E-state index is 12.4. The van der Waals surface area contributed by atoms with Crippen molar-refractivity contribution >= 4 is 33.8 Å². The second-order valence-electron chi connectivity index (χ2n) is 5.47. The standard InChI is InChI=1S/C14H22N6O5S2/c1-4-5-6-20-7-8-26-14(20)27(22,23)19-18-13(21)17-12-15-10(24-2)9-11(16-12)25-3/h9,14H,4-8H2,1-3H3,(H,15,16,17,21). The Bertz CT molecular complexity index is 766. The molecule has 2 amide bonds. The van der Waals surface area contributed by atoms with E-state index >= 15 is 0 Å². The van der Waals surface area contributed by atoms with E-state index in [2.05, 4.69) is 24.9 Å². The number of rotatable bonds is 8. The lowest BCUT2D eigenvalue weighted by Gasteiger charge is -2.20. The lowest BCUT2D eigenvalue weighted by molar-refractivity contribution is 0.258. The molecule has 1 N–H and O–H groups in total. The van der Waals surface area contributed by atoms with Crippen molar-refractivity contribution in [2.75, 3.05) is 38.4 Å². The largest absolute Gasteiger partial charge is 0.481 e. The summed E-state index contributed by atoms with van der Waals surface area (Å²) >= 11 is 1.27. The van der Waals surface area contributed by atoms with Crippen LogP contribution in [0.3, 0.4) is 0 Å². The average Bonchev–Trinajstić information content (AvgIpc) is 3.14. The predicted octanol–water partition coefficient (Wildman–Crippen LogP) is 1.94. The first-order valence-electron chi connectivity index (χ1n) is 8.20. The van der Waals surface area contributed by atoms with Gasteiger partial charge >= 0.3 is 6.03 Å². The van der Waals surface area contributed by atoms with Crippen molar-refractivity contribution in [1.82, 2.24) is 14.9 Å². The highest BCUT2D eigenvalue weighted by atomic mass is 32.3. The minimum Gasteiger partial charge on any atom is -0.481 e. The molecule has 13 heteroatoms. The first-order chi connectivity index (χ1) is 12.9. The van der Waals surface area contributed by atoms with Gasteiger partial charge in [0.1, 0.15) is 0 Å². The van der Waals surface area contributed by atoms with Crippen LogP contribution in [-0.4, -0.2) is 67.1 Å². The van der Waals surface area contributed by atoms with Crippen LogP contribution in [0.4, 0.5) is 10.7 Å². The highest BCUT2D eigenvalue weighted by molar-refractivity contribution is 8.13. The molecule has 1 aromatic rings. The van der Waals surface area contributed by atoms with E-state index < -0.39 is 20.8 Å². The molecule has 1 aliphatic rings. The van der Waals surface area contributed by atoms with Crippen LogP contribution in [0.5, 0.6) is 11.8 Å². The third kappa shape index (κ3) is 6.01. The Labute approximate surface area is 162 Å². The zero-order valence-corrected chi connectivity index (χ0v) is 16.9. The summed E-state index contributed by atoms with van der Waals surface area (Å²) in [4.78, 5) is 21.5. The van der Waals surface area contributed by atoms with E-state index in [0.717, 1.165) is 12.8 Å². The summed E-state index contributed by atoms with van der Waals surface area (Å²) in [6.45, 7) is 3.35. The Morgan fingerprint density at radius 3 is 2.63 bits per heavy atom. The number of anilines is 1. The van der Waals surface area contributed by atoms with E-state index in [-0.39, 0.29) is 17.7 Å². The number of carbonyl (C=O) groups excluding carboxylic acids is 1. The van der Waals surface area contributed by atoms with Crippen LogP contribution in [0, 0.1) is 0 Å². The number of hydrogen-bond acceptors (Lipinski definition) is 9. The zero-order valence-electron chi connectivity index (χ0n) is 15.3. The summed E-state index contributed by atoms with van der Waals surface area (Å²) in [5.74, 6) is 0.867. The van der Waals surface area contributed by atoms with Crippen molar-refractivity contribution in [3.05, 3.63) is 6.07 Å². The molecule has 0 spiro atoms. The molecular formula is C14H22N6O5S2. The molecule has 150 valence electrons. The molecule has 1 atom stereocenters. The molecular weight excluding hydrogens is 396 g/mol. The molecule has 0 radical (unpaired) electrons. The number of nitrogens with one attached hydrogen (secondary N) is 1. The maximum absolute atomic E-state index is 12.4. The van der Waals surface area contributed by atoms with E-state index in [0.29, 0.717) is 18.8 Å². The second-order valence-corrected chi connectivity index (χ2v) is 8.60. The van der Waals surface area contributed by atoms with E-state index in [1.54, 1.807) is 0 Å². The van der Waals surface area contributed by atoms with Crippen LogP contribution in [0.25, 0.3) is 0 Å². The summed E-state index contributed by atoms with van der Waals surface area (Å²) < 4.78 is 37.2. The smallest absolute Gasteiger partial charge is 0.367 e. The normalized spacial score (nSPS) is 18.0. The molecule has 2 rings (SSSR count). The SMILES string of the molecule is CCCCN1CCSC1S(=O)(=O)N=NC(=O)Nc1nc(OC)cc(OC)n1. The summed E-state index contributed by atoms with van der Waals surface area (Å²) in [5.41, 5.74) is 0. The van der Waals surface area contributed by atoms with Gasteiger partial charge in [-0.3, -0.25) is 10.2 Å². The monoisotopic (exact) mass is 418 g/mol. The molecule has 1 aliphatic heterocycles. The maximum Gasteiger partial charge on any atom is 0.367 e. The van der Waals surface area contributed by atoms with Crippen molar-refractivity contribution in [1.29, 1.82) is 0 Å². The minimum absolute atomic E-state index is 0.146. The highest BCUT2D eigenvalue weighted by Crippen LogP contribution is 2.29. The van der Waals surface area contributed by atoms with Crippen LogP contribution in [0.15, 0.2) is 15.7 Å². The van der Waals surface area contributed by atoms with Gasteiger partial charge in [-0.1, -0.05) is 23.0 Å². The molecule has 0 aliphatic carbocycles. The number of ether oxygens (including phenoxy) is 2. The molecule has 1 unspecified atom stereocenters. The Balaban J connectivity index is 2.05. The van der Waals surface area contributed by atoms with E-state index in [1.807, 2.05) is 11.8 Å². The quantitative estimate of drug-likeness (QED) is 0.628. The third-order valence-corrected chi connectivity index (χ3v) is 6.81. The van der Waals surface area contributed by atoms with E-state index in [9.17, 15) is 13.2 Å². The molecule has 1 fully saturated rings. The average molecular weight is 419 g/mol. The van der Waals surface area contributed by atoms with Crippen molar-refractivity contribution < 1.29 is 22.7 Å². The van der Waals surface area contributed by atoms with Gasteiger partial charge < -0.3 is 9.47 Å². The zero-order chi connectivity index (χ0) is 19.9. The van der Waals surface area contributed by atoms with Crippen LogP contribution in [0.2, 0.25) is 0 Å². The number of methoxy groups -OCH3 is 2. The number of aromatic nitrogens is 2. The summed E-state index contributed by atoms with van der Waals surface area (Å²) in [6, 6.07) is 0.404. The number of carbonyl (C=O) groups is 1. The van der Waals surface area contributed by atoms with Crippen LogP contribution >= 0.6 is 11.8 Å². The first-order valence-corrected chi connectivity index (χ1v) is 10.7. The summed E-state index contributed by atoms with van der Waals surface area (Å²) in [5, 5.41) is 5.48. The van der Waals surface area contributed by atoms with Crippen LogP contribution < -0.4 is 14.8 Å². The number of unbranched alkanes of at least 4 members (excludes halogenated alkanes) is 1. The lowest BCUT2D eigenvalue weighted by Crippen LogP contribution is -2.34. The lowest BCUT2D eigenvalue weighted by atomic mass is 10.3. The Kier molecular flexibility index (Phi) is 7.74. The van der Waals surface area contributed by atoms with Gasteiger partial charge in [0.05, 0.1) is 20.3 Å². The van der Waals surface area contributed by atoms with E-state index in [1.165, 1.54) is 32.0 Å². The molecule has 27 heavy (non-hydrogen) atoms. The molecule has 2 heterocycles.